The molecule has 1 aliphatic heterocycles. The molecule has 1 aromatic rings. The van der Waals surface area contributed by atoms with E-state index in [1.807, 2.05) is 6.07 Å². The highest BCUT2D eigenvalue weighted by molar-refractivity contribution is 7.61. The van der Waals surface area contributed by atoms with Gasteiger partial charge in [0.15, 0.2) is 0 Å². The van der Waals surface area contributed by atoms with Crippen LogP contribution in [0.25, 0.3) is 5.57 Å². The van der Waals surface area contributed by atoms with Gasteiger partial charge in [-0.15, -0.1) is 0 Å². The second-order valence-corrected chi connectivity index (χ2v) is 5.30. The molecule has 0 saturated heterocycles. The molecule has 1 atom stereocenters. The van der Waals surface area contributed by atoms with E-state index < -0.39 is 7.60 Å². The minimum atomic E-state index is -3.75. The molecule has 1 heterocycles. The number of benzene rings is 1. The molecule has 0 aromatic heterocycles. The van der Waals surface area contributed by atoms with Gasteiger partial charge in [-0.25, -0.2) is 4.57 Å². The zero-order valence-electron chi connectivity index (χ0n) is 9.46. The lowest BCUT2D eigenvalue weighted by Gasteiger charge is -2.26. The lowest BCUT2D eigenvalue weighted by atomic mass is 10.0. The standard InChI is InChI=1S/C13H13O3P/c1-3-7-10-11-8-5-6-9-13(11)17(14,15)16-12(10)4-2/h3-9H,1H2,2H3,(H,14,15)/b10-7-,12-4+. The number of hydrogen-bond acceptors (Lipinski definition) is 2. The van der Waals surface area contributed by atoms with E-state index in [2.05, 4.69) is 6.58 Å². The van der Waals surface area contributed by atoms with E-state index in [1.54, 1.807) is 43.4 Å². The number of fused-ring (bicyclic) bond motifs is 1. The zero-order chi connectivity index (χ0) is 12.5. The molecule has 0 bridgehead atoms. The van der Waals surface area contributed by atoms with Crippen molar-refractivity contribution < 1.29 is 14.0 Å². The quantitative estimate of drug-likeness (QED) is 0.777. The maximum Gasteiger partial charge on any atom is 0.408 e. The van der Waals surface area contributed by atoms with Crippen molar-refractivity contribution in [2.75, 3.05) is 0 Å². The molecule has 0 fully saturated rings. The average molecular weight is 248 g/mol. The van der Waals surface area contributed by atoms with Crippen LogP contribution < -0.4 is 5.30 Å². The lowest BCUT2D eigenvalue weighted by molar-refractivity contribution is 0.344. The first-order valence-corrected chi connectivity index (χ1v) is 6.79. The van der Waals surface area contributed by atoms with Crippen LogP contribution in [-0.2, 0) is 9.09 Å². The molecule has 1 aliphatic rings. The van der Waals surface area contributed by atoms with Gasteiger partial charge < -0.3 is 9.42 Å². The smallest absolute Gasteiger partial charge is 0.408 e. The van der Waals surface area contributed by atoms with E-state index in [0.717, 1.165) is 11.1 Å². The van der Waals surface area contributed by atoms with Crippen LogP contribution in [0.3, 0.4) is 0 Å². The maximum absolute atomic E-state index is 12.0. The van der Waals surface area contributed by atoms with Crippen molar-refractivity contribution in [3.8, 4) is 0 Å². The van der Waals surface area contributed by atoms with Crippen LogP contribution >= 0.6 is 7.60 Å². The Morgan fingerprint density at radius 2 is 2.12 bits per heavy atom. The molecule has 0 amide bonds. The molecule has 1 aromatic carbocycles. The summed E-state index contributed by atoms with van der Waals surface area (Å²) in [5, 5.41) is 0.332. The third-order valence-corrected chi connectivity index (χ3v) is 3.98. The molecule has 0 saturated carbocycles. The number of hydrogen-bond donors (Lipinski definition) is 1. The summed E-state index contributed by atoms with van der Waals surface area (Å²) < 4.78 is 17.2. The number of rotatable bonds is 1. The lowest BCUT2D eigenvalue weighted by Crippen LogP contribution is -2.18. The minimum Gasteiger partial charge on any atom is -0.421 e. The van der Waals surface area contributed by atoms with E-state index in [4.69, 9.17) is 4.52 Å². The molecule has 0 radical (unpaired) electrons. The molecule has 0 aliphatic carbocycles. The number of allylic oxidation sites excluding steroid dienone is 4. The molecule has 0 spiro atoms. The fourth-order valence-corrected chi connectivity index (χ4v) is 3.15. The fourth-order valence-electron chi connectivity index (χ4n) is 1.81. The molecular weight excluding hydrogens is 235 g/mol. The van der Waals surface area contributed by atoms with Crippen LogP contribution in [0.15, 0.2) is 54.8 Å². The summed E-state index contributed by atoms with van der Waals surface area (Å²) in [7, 11) is -3.75. The van der Waals surface area contributed by atoms with Crippen molar-refractivity contribution in [3.63, 3.8) is 0 Å². The molecule has 1 unspecified atom stereocenters. The summed E-state index contributed by atoms with van der Waals surface area (Å²) in [5.41, 5.74) is 1.50. The third kappa shape index (κ3) is 1.99. The molecule has 1 N–H and O–H groups in total. The van der Waals surface area contributed by atoms with Crippen molar-refractivity contribution in [2.45, 2.75) is 6.92 Å². The maximum atomic E-state index is 12.0. The Kier molecular flexibility index (Phi) is 3.05. The third-order valence-electron chi connectivity index (χ3n) is 2.53. The van der Waals surface area contributed by atoms with Gasteiger partial charge in [0.25, 0.3) is 0 Å². The van der Waals surface area contributed by atoms with Gasteiger partial charge in [0.2, 0.25) is 0 Å². The first-order chi connectivity index (χ1) is 8.10. The van der Waals surface area contributed by atoms with Crippen LogP contribution in [-0.4, -0.2) is 4.89 Å². The zero-order valence-corrected chi connectivity index (χ0v) is 10.4. The molecule has 88 valence electrons. The Bertz CT molecular complexity index is 570. The van der Waals surface area contributed by atoms with Gasteiger partial charge in [-0.3, -0.25) is 0 Å². The monoisotopic (exact) mass is 248 g/mol. The van der Waals surface area contributed by atoms with Crippen molar-refractivity contribution >= 4 is 18.5 Å². The van der Waals surface area contributed by atoms with Crippen LogP contribution in [0.1, 0.15) is 12.5 Å². The van der Waals surface area contributed by atoms with Crippen molar-refractivity contribution in [3.05, 3.63) is 60.4 Å². The first-order valence-electron chi connectivity index (χ1n) is 5.22. The summed E-state index contributed by atoms with van der Waals surface area (Å²) in [6.45, 7) is 5.41. The largest absolute Gasteiger partial charge is 0.421 e. The van der Waals surface area contributed by atoms with E-state index >= 15 is 0 Å². The van der Waals surface area contributed by atoms with Crippen molar-refractivity contribution in [1.82, 2.24) is 0 Å². The van der Waals surface area contributed by atoms with Gasteiger partial charge >= 0.3 is 7.60 Å². The van der Waals surface area contributed by atoms with E-state index in [0.29, 0.717) is 11.1 Å². The summed E-state index contributed by atoms with van der Waals surface area (Å²) in [6.07, 6.45) is 5.08. The SMILES string of the molecule is C=C/C=C1\C(=C/C)OP(=O)(O)c2ccccc21. The van der Waals surface area contributed by atoms with E-state index in [1.165, 1.54) is 0 Å². The predicted octanol–water partition coefficient (Wildman–Crippen LogP) is 3.00. The molecule has 17 heavy (non-hydrogen) atoms. The van der Waals surface area contributed by atoms with Crippen molar-refractivity contribution in [2.24, 2.45) is 0 Å². The fraction of sp³-hybridized carbons (Fsp3) is 0.0769. The highest BCUT2D eigenvalue weighted by atomic mass is 31.2. The van der Waals surface area contributed by atoms with Gasteiger partial charge in [0.1, 0.15) is 5.76 Å². The Hall–Kier alpha value is -1.57. The summed E-state index contributed by atoms with van der Waals surface area (Å²) in [5.74, 6) is 0.412. The molecular formula is C13H13O3P. The minimum absolute atomic E-state index is 0.332. The highest BCUT2D eigenvalue weighted by Gasteiger charge is 2.35. The molecule has 3 nitrogen and oxygen atoms in total. The second-order valence-electron chi connectivity index (χ2n) is 3.60. The highest BCUT2D eigenvalue weighted by Crippen LogP contribution is 2.51. The Morgan fingerprint density at radius 3 is 2.76 bits per heavy atom. The van der Waals surface area contributed by atoms with Crippen molar-refractivity contribution in [1.29, 1.82) is 0 Å². The van der Waals surface area contributed by atoms with Gasteiger partial charge in [-0.2, -0.15) is 0 Å². The topological polar surface area (TPSA) is 46.5 Å². The summed E-state index contributed by atoms with van der Waals surface area (Å²) >= 11 is 0. The van der Waals surface area contributed by atoms with Gasteiger partial charge in [0.05, 0.1) is 5.30 Å². The van der Waals surface area contributed by atoms with Crippen LogP contribution in [0.2, 0.25) is 0 Å². The Balaban J connectivity index is 2.75. The normalized spacial score (nSPS) is 27.6. The van der Waals surface area contributed by atoms with E-state index in [-0.39, 0.29) is 0 Å². The van der Waals surface area contributed by atoms with Crippen LogP contribution in [0.5, 0.6) is 0 Å². The first kappa shape index (κ1) is 11.9. The molecule has 4 heteroatoms. The van der Waals surface area contributed by atoms with Gasteiger partial charge in [-0.05, 0) is 19.1 Å². The molecule has 2 rings (SSSR count). The van der Waals surface area contributed by atoms with Crippen LogP contribution in [0, 0.1) is 0 Å². The Labute approximate surface area is 100 Å². The van der Waals surface area contributed by atoms with Gasteiger partial charge in [-0.1, -0.05) is 36.9 Å². The predicted molar refractivity (Wildman–Crippen MR) is 68.9 cm³/mol. The second kappa shape index (κ2) is 4.36. The summed E-state index contributed by atoms with van der Waals surface area (Å²) in [4.78, 5) is 9.85. The van der Waals surface area contributed by atoms with Gasteiger partial charge in [0, 0.05) is 11.1 Å². The Morgan fingerprint density at radius 1 is 1.41 bits per heavy atom. The van der Waals surface area contributed by atoms with E-state index in [9.17, 15) is 9.46 Å². The summed E-state index contributed by atoms with van der Waals surface area (Å²) in [6, 6.07) is 6.96. The van der Waals surface area contributed by atoms with Crippen LogP contribution in [0.4, 0.5) is 0 Å². The average Bonchev–Trinajstić information content (AvgIpc) is 2.33.